The number of methoxy groups -OCH3 is 1. The number of aromatic nitrogens is 2. The van der Waals surface area contributed by atoms with Crippen LogP contribution in [0.5, 0.6) is 5.75 Å². The maximum Gasteiger partial charge on any atom is 0.135 e. The second kappa shape index (κ2) is 7.19. The third-order valence-corrected chi connectivity index (χ3v) is 3.71. The number of anilines is 4. The fraction of sp³-hybridized carbons (Fsp3) is 0.111. The van der Waals surface area contributed by atoms with Gasteiger partial charge in [-0.1, -0.05) is 23.7 Å². The Morgan fingerprint density at radius 3 is 2.54 bits per heavy atom. The molecule has 0 unspecified atom stereocenters. The molecular weight excluding hydrogens is 324 g/mol. The van der Waals surface area contributed by atoms with E-state index in [0.717, 1.165) is 22.7 Å². The largest absolute Gasteiger partial charge is 0.497 e. The molecule has 0 saturated carbocycles. The van der Waals surface area contributed by atoms with Crippen molar-refractivity contribution >= 4 is 34.6 Å². The van der Waals surface area contributed by atoms with Gasteiger partial charge in [-0.15, -0.1) is 0 Å². The van der Waals surface area contributed by atoms with E-state index in [1.54, 1.807) is 7.11 Å². The van der Waals surface area contributed by atoms with Crippen LogP contribution in [0, 0.1) is 6.92 Å². The molecule has 3 aromatic rings. The first-order valence-electron chi connectivity index (χ1n) is 7.40. The van der Waals surface area contributed by atoms with Crippen LogP contribution in [0.3, 0.4) is 0 Å². The number of nitrogens with one attached hydrogen (secondary N) is 2. The lowest BCUT2D eigenvalue weighted by Gasteiger charge is -2.11. The molecule has 0 aliphatic rings. The number of nitrogens with zero attached hydrogens (tertiary/aromatic N) is 2. The van der Waals surface area contributed by atoms with Crippen molar-refractivity contribution in [3.8, 4) is 5.75 Å². The summed E-state index contributed by atoms with van der Waals surface area (Å²) in [6, 6.07) is 15.2. The summed E-state index contributed by atoms with van der Waals surface area (Å²) in [6.07, 6.45) is 1.50. The van der Waals surface area contributed by atoms with Gasteiger partial charge >= 0.3 is 0 Å². The van der Waals surface area contributed by atoms with Crippen molar-refractivity contribution in [2.24, 2.45) is 0 Å². The van der Waals surface area contributed by atoms with Crippen molar-refractivity contribution in [1.29, 1.82) is 0 Å². The van der Waals surface area contributed by atoms with Crippen LogP contribution in [0.4, 0.5) is 23.0 Å². The SMILES string of the molecule is COc1cccc(Nc2cc(Nc3cc(Cl)ccc3C)ncn2)c1. The van der Waals surface area contributed by atoms with Crippen molar-refractivity contribution in [2.45, 2.75) is 6.92 Å². The van der Waals surface area contributed by atoms with Crippen LogP contribution < -0.4 is 15.4 Å². The molecule has 0 fully saturated rings. The Morgan fingerprint density at radius 2 is 1.75 bits per heavy atom. The zero-order valence-corrected chi connectivity index (χ0v) is 14.1. The minimum atomic E-state index is 0.673. The number of ether oxygens (including phenoxy) is 1. The Hall–Kier alpha value is -2.79. The molecule has 3 rings (SSSR count). The predicted octanol–water partition coefficient (Wildman–Crippen LogP) is 4.93. The van der Waals surface area contributed by atoms with Gasteiger partial charge in [-0.25, -0.2) is 9.97 Å². The van der Waals surface area contributed by atoms with Gasteiger partial charge in [0.05, 0.1) is 7.11 Å². The number of hydrogen-bond donors (Lipinski definition) is 2. The highest BCUT2D eigenvalue weighted by Gasteiger charge is 2.04. The van der Waals surface area contributed by atoms with Crippen LogP contribution >= 0.6 is 11.6 Å². The number of aryl methyl sites for hydroxylation is 1. The molecule has 0 saturated heterocycles. The van der Waals surface area contributed by atoms with Gasteiger partial charge in [0.15, 0.2) is 0 Å². The molecule has 24 heavy (non-hydrogen) atoms. The summed E-state index contributed by atoms with van der Waals surface area (Å²) >= 11 is 6.05. The first kappa shape index (κ1) is 16.1. The summed E-state index contributed by atoms with van der Waals surface area (Å²) in [5, 5.41) is 7.17. The molecular formula is C18H17ClN4O. The van der Waals surface area contributed by atoms with Crippen LogP contribution in [0.25, 0.3) is 0 Å². The summed E-state index contributed by atoms with van der Waals surface area (Å²) in [6.45, 7) is 2.01. The molecule has 0 spiro atoms. The molecule has 1 aromatic heterocycles. The van der Waals surface area contributed by atoms with E-state index >= 15 is 0 Å². The van der Waals surface area contributed by atoms with Crippen LogP contribution in [0.1, 0.15) is 5.56 Å². The van der Waals surface area contributed by atoms with Gasteiger partial charge in [-0.2, -0.15) is 0 Å². The van der Waals surface area contributed by atoms with Crippen molar-refractivity contribution in [2.75, 3.05) is 17.7 Å². The molecule has 5 nitrogen and oxygen atoms in total. The van der Waals surface area contributed by atoms with E-state index < -0.39 is 0 Å². The Balaban J connectivity index is 1.80. The average Bonchev–Trinajstić information content (AvgIpc) is 2.59. The summed E-state index contributed by atoms with van der Waals surface area (Å²) < 4.78 is 5.22. The molecule has 0 radical (unpaired) electrons. The van der Waals surface area contributed by atoms with E-state index in [1.807, 2.05) is 55.5 Å². The van der Waals surface area contributed by atoms with Gasteiger partial charge in [0, 0.05) is 28.5 Å². The molecule has 2 aromatic carbocycles. The normalized spacial score (nSPS) is 10.3. The topological polar surface area (TPSA) is 59.1 Å². The van der Waals surface area contributed by atoms with Gasteiger partial charge in [-0.3, -0.25) is 0 Å². The van der Waals surface area contributed by atoms with Crippen LogP contribution in [0.2, 0.25) is 5.02 Å². The van der Waals surface area contributed by atoms with E-state index in [0.29, 0.717) is 16.7 Å². The van der Waals surface area contributed by atoms with Gasteiger partial charge < -0.3 is 15.4 Å². The highest BCUT2D eigenvalue weighted by atomic mass is 35.5. The number of halogens is 1. The van der Waals surface area contributed by atoms with Crippen LogP contribution in [-0.4, -0.2) is 17.1 Å². The van der Waals surface area contributed by atoms with Crippen molar-refractivity contribution in [3.05, 3.63) is 65.4 Å². The molecule has 2 N–H and O–H groups in total. The highest BCUT2D eigenvalue weighted by Crippen LogP contribution is 2.25. The van der Waals surface area contributed by atoms with Gasteiger partial charge in [0.2, 0.25) is 0 Å². The average molecular weight is 341 g/mol. The molecule has 6 heteroatoms. The van der Waals surface area contributed by atoms with Gasteiger partial charge in [0.1, 0.15) is 23.7 Å². The molecule has 0 amide bonds. The Bertz CT molecular complexity index is 854. The Labute approximate surface area is 145 Å². The monoisotopic (exact) mass is 340 g/mol. The minimum Gasteiger partial charge on any atom is -0.497 e. The second-order valence-electron chi connectivity index (χ2n) is 5.23. The van der Waals surface area contributed by atoms with Gasteiger partial charge in [0.25, 0.3) is 0 Å². The molecule has 122 valence electrons. The molecule has 1 heterocycles. The maximum atomic E-state index is 6.05. The zero-order chi connectivity index (χ0) is 16.9. The highest BCUT2D eigenvalue weighted by molar-refractivity contribution is 6.30. The van der Waals surface area contributed by atoms with E-state index in [2.05, 4.69) is 20.6 Å². The first-order chi connectivity index (χ1) is 11.6. The van der Waals surface area contributed by atoms with Crippen molar-refractivity contribution in [1.82, 2.24) is 9.97 Å². The lowest BCUT2D eigenvalue weighted by molar-refractivity contribution is 0.415. The zero-order valence-electron chi connectivity index (χ0n) is 13.4. The Morgan fingerprint density at radius 1 is 0.958 bits per heavy atom. The van der Waals surface area contributed by atoms with Crippen LogP contribution in [-0.2, 0) is 0 Å². The number of benzene rings is 2. The van der Waals surface area contributed by atoms with Crippen LogP contribution in [0.15, 0.2) is 54.9 Å². The lowest BCUT2D eigenvalue weighted by atomic mass is 10.2. The third kappa shape index (κ3) is 3.94. The summed E-state index contributed by atoms with van der Waals surface area (Å²) in [4.78, 5) is 8.49. The first-order valence-corrected chi connectivity index (χ1v) is 7.78. The minimum absolute atomic E-state index is 0.673. The van der Waals surface area contributed by atoms with Crippen molar-refractivity contribution in [3.63, 3.8) is 0 Å². The standard InChI is InChI=1S/C18H17ClN4O/c1-12-6-7-13(19)8-16(12)23-18-10-17(20-11-21-18)22-14-4-3-5-15(9-14)24-2/h3-11H,1-2H3,(H2,20,21,22,23). The fourth-order valence-corrected chi connectivity index (χ4v) is 2.38. The molecule has 0 atom stereocenters. The summed E-state index contributed by atoms with van der Waals surface area (Å²) in [5.41, 5.74) is 2.88. The second-order valence-corrected chi connectivity index (χ2v) is 5.67. The summed E-state index contributed by atoms with van der Waals surface area (Å²) in [7, 11) is 1.64. The number of rotatable bonds is 5. The molecule has 0 bridgehead atoms. The lowest BCUT2D eigenvalue weighted by Crippen LogP contribution is -1.99. The quantitative estimate of drug-likeness (QED) is 0.689. The maximum absolute atomic E-state index is 6.05. The fourth-order valence-electron chi connectivity index (χ4n) is 2.21. The molecule has 0 aliphatic heterocycles. The van der Waals surface area contributed by atoms with Crippen molar-refractivity contribution < 1.29 is 4.74 Å². The third-order valence-electron chi connectivity index (χ3n) is 3.47. The van der Waals surface area contributed by atoms with E-state index in [1.165, 1.54) is 6.33 Å². The molecule has 0 aliphatic carbocycles. The van der Waals surface area contributed by atoms with E-state index in [4.69, 9.17) is 16.3 Å². The predicted molar refractivity (Wildman–Crippen MR) is 97.8 cm³/mol. The smallest absolute Gasteiger partial charge is 0.135 e. The summed E-state index contributed by atoms with van der Waals surface area (Å²) in [5.74, 6) is 2.14. The Kier molecular flexibility index (Phi) is 4.82. The van der Waals surface area contributed by atoms with E-state index in [9.17, 15) is 0 Å². The number of hydrogen-bond acceptors (Lipinski definition) is 5. The van der Waals surface area contributed by atoms with E-state index in [-0.39, 0.29) is 0 Å². The van der Waals surface area contributed by atoms with Gasteiger partial charge in [-0.05, 0) is 36.8 Å².